The highest BCUT2D eigenvalue weighted by Gasteiger charge is 2.30. The number of halogens is 4. The van der Waals surface area contributed by atoms with Crippen LogP contribution in [0.15, 0.2) is 103 Å². The molecular weight excluding hydrogens is 804 g/mol. The standard InChI is InChI=1S/C16H8Br2N2.C14H6Br2O2.C2H8N2.CH4/c17-9-1-3-11-13(7-9)14-8-10(18)2-4-12(14)16-15(11)19-5-6-20-16;15-7-1-3-9-11(5-7)12-6-8(16)2-4-10(12)14(18)13(9)17;3-1-2-4;/h1-8H;1-6H;1-4H2;1H4. The molecular formula is C33H26Br4N4O2. The topological polar surface area (TPSA) is 112 Å². The van der Waals surface area contributed by atoms with Crippen LogP contribution in [0.2, 0.25) is 0 Å². The van der Waals surface area contributed by atoms with Gasteiger partial charge in [0.05, 0.1) is 11.0 Å². The number of benzene rings is 5. The second-order valence-electron chi connectivity index (χ2n) is 9.25. The lowest BCUT2D eigenvalue weighted by molar-refractivity contribution is 0.0815. The van der Waals surface area contributed by atoms with Gasteiger partial charge in [-0.2, -0.15) is 0 Å². The molecule has 4 N–H and O–H groups in total. The SMILES string of the molecule is Brc1ccc2c(c1)c1cc(Br)ccc1c1nccnc21.C.NCCN.O=C1C(=O)c2ccc(Br)cc2-c2cc(Br)ccc21. The van der Waals surface area contributed by atoms with Crippen LogP contribution in [-0.2, 0) is 0 Å². The first-order valence-corrected chi connectivity index (χ1v) is 15.9. The van der Waals surface area contributed by atoms with Crippen molar-refractivity contribution in [3.63, 3.8) is 0 Å². The minimum Gasteiger partial charge on any atom is -0.329 e. The predicted octanol–water partition coefficient (Wildman–Crippen LogP) is 9.26. The molecule has 0 fully saturated rings. The van der Waals surface area contributed by atoms with E-state index in [-0.39, 0.29) is 7.43 Å². The van der Waals surface area contributed by atoms with Crippen molar-refractivity contribution in [2.24, 2.45) is 11.5 Å². The molecule has 1 aliphatic carbocycles. The van der Waals surface area contributed by atoms with Crippen molar-refractivity contribution >= 4 is 108 Å². The summed E-state index contributed by atoms with van der Waals surface area (Å²) in [5.41, 5.74) is 14.2. The summed E-state index contributed by atoms with van der Waals surface area (Å²) < 4.78 is 3.90. The number of rotatable bonds is 1. The number of nitrogens with zero attached hydrogens (tertiary/aromatic N) is 2. The molecule has 6 nitrogen and oxygen atoms in total. The fourth-order valence-electron chi connectivity index (χ4n) is 4.74. The summed E-state index contributed by atoms with van der Waals surface area (Å²) in [7, 11) is 0. The fourth-order valence-corrected chi connectivity index (χ4v) is 6.19. The molecule has 0 radical (unpaired) electrons. The molecule has 43 heavy (non-hydrogen) atoms. The number of fused-ring (bicyclic) bond motifs is 9. The van der Waals surface area contributed by atoms with Gasteiger partial charge in [-0.15, -0.1) is 0 Å². The van der Waals surface area contributed by atoms with E-state index in [1.165, 1.54) is 10.8 Å². The Hall–Kier alpha value is -2.86. The Balaban J connectivity index is 0.000000173. The molecule has 10 heteroatoms. The van der Waals surface area contributed by atoms with Crippen molar-refractivity contribution in [3.05, 3.63) is 114 Å². The van der Waals surface area contributed by atoms with Gasteiger partial charge in [0, 0.05) is 65.3 Å². The normalized spacial score (nSPS) is 11.6. The van der Waals surface area contributed by atoms with Gasteiger partial charge in [0.1, 0.15) is 0 Å². The van der Waals surface area contributed by atoms with Gasteiger partial charge in [0.25, 0.3) is 0 Å². The van der Waals surface area contributed by atoms with Crippen LogP contribution in [-0.4, -0.2) is 34.6 Å². The number of carbonyl (C=O) groups excluding carboxylic acids is 2. The maximum Gasteiger partial charge on any atom is 0.234 e. The van der Waals surface area contributed by atoms with Crippen LogP contribution >= 0.6 is 63.7 Å². The summed E-state index contributed by atoms with van der Waals surface area (Å²) in [6, 6.07) is 23.2. The highest BCUT2D eigenvalue weighted by Crippen LogP contribution is 2.37. The maximum absolute atomic E-state index is 12.0. The smallest absolute Gasteiger partial charge is 0.234 e. The highest BCUT2D eigenvalue weighted by atomic mass is 79.9. The van der Waals surface area contributed by atoms with Gasteiger partial charge in [-0.05, 0) is 82.6 Å². The van der Waals surface area contributed by atoms with E-state index in [2.05, 4.69) is 98.0 Å². The summed E-state index contributed by atoms with van der Waals surface area (Å²) in [5.74, 6) is -0.875. The third-order valence-electron chi connectivity index (χ3n) is 6.58. The Morgan fingerprint density at radius 3 is 1.21 bits per heavy atom. The number of nitrogens with two attached hydrogens (primary N) is 2. The lowest BCUT2D eigenvalue weighted by atomic mass is 9.84. The molecule has 1 aromatic heterocycles. The molecule has 0 unspecified atom stereocenters. The first-order valence-electron chi connectivity index (χ1n) is 12.7. The number of ketones is 2. The van der Waals surface area contributed by atoms with E-state index in [9.17, 15) is 9.59 Å². The number of carbonyl (C=O) groups is 2. The molecule has 0 atom stereocenters. The summed E-state index contributed by atoms with van der Waals surface area (Å²) >= 11 is 13.9. The van der Waals surface area contributed by atoms with Crippen LogP contribution in [0.4, 0.5) is 0 Å². The lowest BCUT2D eigenvalue weighted by Gasteiger charge is -2.18. The molecule has 0 spiro atoms. The van der Waals surface area contributed by atoms with Gasteiger partial charge in [0.15, 0.2) is 0 Å². The van der Waals surface area contributed by atoms with Crippen molar-refractivity contribution in [1.82, 2.24) is 9.97 Å². The first-order chi connectivity index (χ1) is 20.2. The molecule has 5 aromatic carbocycles. The zero-order valence-electron chi connectivity index (χ0n) is 21.9. The van der Waals surface area contributed by atoms with Gasteiger partial charge in [0.2, 0.25) is 11.6 Å². The quantitative estimate of drug-likeness (QED) is 0.126. The number of hydrogen-bond acceptors (Lipinski definition) is 6. The molecule has 0 saturated carbocycles. The molecule has 6 aromatic rings. The van der Waals surface area contributed by atoms with Crippen LogP contribution in [0.1, 0.15) is 28.1 Å². The Morgan fingerprint density at radius 2 is 0.837 bits per heavy atom. The molecule has 1 heterocycles. The van der Waals surface area contributed by atoms with Crippen LogP contribution in [0.25, 0.3) is 43.7 Å². The molecule has 1 aliphatic rings. The van der Waals surface area contributed by atoms with Crippen LogP contribution in [0, 0.1) is 0 Å². The van der Waals surface area contributed by atoms with Gasteiger partial charge in [-0.1, -0.05) is 83.3 Å². The number of aromatic nitrogens is 2. The van der Waals surface area contributed by atoms with E-state index in [0.717, 1.165) is 50.8 Å². The van der Waals surface area contributed by atoms with Gasteiger partial charge in [-0.25, -0.2) is 0 Å². The highest BCUT2D eigenvalue weighted by molar-refractivity contribution is 9.11. The summed E-state index contributed by atoms with van der Waals surface area (Å²) in [5, 5.41) is 4.62. The summed E-state index contributed by atoms with van der Waals surface area (Å²) in [6.07, 6.45) is 3.49. The monoisotopic (exact) mass is 826 g/mol. The van der Waals surface area contributed by atoms with Crippen molar-refractivity contribution in [2.75, 3.05) is 13.1 Å². The Bertz CT molecular complexity index is 1870. The van der Waals surface area contributed by atoms with Crippen LogP contribution < -0.4 is 11.5 Å². The average molecular weight is 830 g/mol. The number of Topliss-reactive ketones (excluding diaryl/α,β-unsaturated/α-hetero) is 2. The second-order valence-corrected chi connectivity index (χ2v) is 12.9. The second kappa shape index (κ2) is 14.3. The molecule has 218 valence electrons. The summed E-state index contributed by atoms with van der Waals surface area (Å²) in [4.78, 5) is 33.0. The van der Waals surface area contributed by atoms with Gasteiger partial charge in [-0.3, -0.25) is 19.6 Å². The summed E-state index contributed by atoms with van der Waals surface area (Å²) in [6.45, 7) is 1.19. The zero-order chi connectivity index (χ0) is 30.0. The minimum absolute atomic E-state index is 0. The third kappa shape index (κ3) is 6.79. The average Bonchev–Trinajstić information content (AvgIpc) is 3.00. The van der Waals surface area contributed by atoms with Gasteiger partial charge >= 0.3 is 0 Å². The first kappa shape index (κ1) is 33.0. The Labute approximate surface area is 282 Å². The van der Waals surface area contributed by atoms with Crippen molar-refractivity contribution in [3.8, 4) is 11.1 Å². The van der Waals surface area contributed by atoms with Crippen molar-refractivity contribution in [2.45, 2.75) is 7.43 Å². The van der Waals surface area contributed by atoms with Crippen LogP contribution in [0.3, 0.4) is 0 Å². The molecule has 0 bridgehead atoms. The lowest BCUT2D eigenvalue weighted by Crippen LogP contribution is -2.21. The van der Waals surface area contributed by atoms with E-state index >= 15 is 0 Å². The zero-order valence-corrected chi connectivity index (χ0v) is 28.2. The molecule has 0 saturated heterocycles. The van der Waals surface area contributed by atoms with E-state index in [1.54, 1.807) is 36.7 Å². The largest absolute Gasteiger partial charge is 0.329 e. The minimum atomic E-state index is -0.438. The van der Waals surface area contributed by atoms with Crippen molar-refractivity contribution in [1.29, 1.82) is 0 Å². The third-order valence-corrected chi connectivity index (χ3v) is 8.55. The van der Waals surface area contributed by atoms with E-state index in [4.69, 9.17) is 11.5 Å². The number of hydrogen-bond donors (Lipinski definition) is 2. The molecule has 7 rings (SSSR count). The van der Waals surface area contributed by atoms with E-state index in [1.807, 2.05) is 24.3 Å². The Kier molecular flexibility index (Phi) is 11.0. The van der Waals surface area contributed by atoms with E-state index < -0.39 is 11.6 Å². The molecule has 0 aliphatic heterocycles. The fraction of sp³-hybridized carbons (Fsp3) is 0.0909. The predicted molar refractivity (Wildman–Crippen MR) is 191 cm³/mol. The van der Waals surface area contributed by atoms with Crippen LogP contribution in [0.5, 0.6) is 0 Å². The molecule has 0 amide bonds. The van der Waals surface area contributed by atoms with E-state index in [0.29, 0.717) is 24.2 Å². The van der Waals surface area contributed by atoms with Gasteiger partial charge < -0.3 is 11.5 Å². The van der Waals surface area contributed by atoms with Crippen molar-refractivity contribution < 1.29 is 9.59 Å². The Morgan fingerprint density at radius 1 is 0.488 bits per heavy atom. The maximum atomic E-state index is 12.0.